The SMILES string of the molecule is O=C(OCC(=O)N1CCCCCC1)c1cccc(NS(=O)(=O)C(F)(F)F)c1. The molecule has 1 N–H and O–H groups in total. The molecule has 0 spiro atoms. The predicted molar refractivity (Wildman–Crippen MR) is 90.4 cm³/mol. The summed E-state index contributed by atoms with van der Waals surface area (Å²) in [5.41, 5.74) is -6.11. The molecule has 1 heterocycles. The Morgan fingerprint density at radius 2 is 1.74 bits per heavy atom. The van der Waals surface area contributed by atoms with Crippen molar-refractivity contribution in [1.82, 2.24) is 4.90 Å². The Balaban J connectivity index is 1.97. The number of benzene rings is 1. The zero-order valence-corrected chi connectivity index (χ0v) is 15.1. The standard InChI is InChI=1S/C16H19F3N2O5S/c17-16(18,19)27(24,25)20-13-7-5-6-12(10-13)15(23)26-11-14(22)21-8-3-1-2-4-9-21/h5-7,10,20H,1-4,8-9,11H2. The van der Waals surface area contributed by atoms with Crippen LogP contribution in [-0.2, 0) is 19.6 Å². The zero-order chi connectivity index (χ0) is 20.1. The number of alkyl halides is 3. The average Bonchev–Trinajstić information content (AvgIpc) is 2.87. The van der Waals surface area contributed by atoms with Gasteiger partial charge < -0.3 is 9.64 Å². The Hall–Kier alpha value is -2.30. The Kier molecular flexibility index (Phi) is 6.68. The van der Waals surface area contributed by atoms with Gasteiger partial charge in [0.1, 0.15) is 0 Å². The summed E-state index contributed by atoms with van der Waals surface area (Å²) < 4.78 is 65.7. The number of anilines is 1. The average molecular weight is 408 g/mol. The number of halogens is 3. The van der Waals surface area contributed by atoms with E-state index in [1.165, 1.54) is 16.9 Å². The largest absolute Gasteiger partial charge is 0.516 e. The number of nitrogens with zero attached hydrogens (tertiary/aromatic N) is 1. The maximum atomic E-state index is 12.4. The molecule has 1 fully saturated rings. The topological polar surface area (TPSA) is 92.8 Å². The molecule has 1 aliphatic rings. The summed E-state index contributed by atoms with van der Waals surface area (Å²) >= 11 is 0. The van der Waals surface area contributed by atoms with Crippen LogP contribution < -0.4 is 4.72 Å². The molecule has 27 heavy (non-hydrogen) atoms. The highest BCUT2D eigenvalue weighted by molar-refractivity contribution is 7.93. The zero-order valence-electron chi connectivity index (χ0n) is 14.3. The number of hydrogen-bond acceptors (Lipinski definition) is 5. The second kappa shape index (κ2) is 8.59. The summed E-state index contributed by atoms with van der Waals surface area (Å²) in [4.78, 5) is 25.7. The molecular formula is C16H19F3N2O5S. The molecule has 1 saturated heterocycles. The van der Waals surface area contributed by atoms with Crippen molar-refractivity contribution in [2.24, 2.45) is 0 Å². The van der Waals surface area contributed by atoms with E-state index in [-0.39, 0.29) is 11.5 Å². The van der Waals surface area contributed by atoms with Gasteiger partial charge in [-0.1, -0.05) is 18.9 Å². The third kappa shape index (κ3) is 5.84. The number of carbonyl (C=O) groups is 2. The summed E-state index contributed by atoms with van der Waals surface area (Å²) in [6.45, 7) is 0.688. The first kappa shape index (κ1) is 21.0. The molecule has 150 valence electrons. The van der Waals surface area contributed by atoms with Gasteiger partial charge in [0.25, 0.3) is 5.91 Å². The molecule has 11 heteroatoms. The number of nitrogens with one attached hydrogen (secondary N) is 1. The monoisotopic (exact) mass is 408 g/mol. The van der Waals surface area contributed by atoms with E-state index in [0.717, 1.165) is 37.8 Å². The highest BCUT2D eigenvalue weighted by atomic mass is 32.2. The number of ether oxygens (including phenoxy) is 1. The number of sulfonamides is 1. The van der Waals surface area contributed by atoms with Crippen molar-refractivity contribution < 1.29 is 35.9 Å². The molecule has 0 radical (unpaired) electrons. The predicted octanol–water partition coefficient (Wildman–Crippen LogP) is 2.51. The van der Waals surface area contributed by atoms with Crippen molar-refractivity contribution in [3.05, 3.63) is 29.8 Å². The van der Waals surface area contributed by atoms with Crippen molar-refractivity contribution >= 4 is 27.6 Å². The summed E-state index contributed by atoms with van der Waals surface area (Å²) in [6.07, 6.45) is 3.82. The van der Waals surface area contributed by atoms with E-state index >= 15 is 0 Å². The van der Waals surface area contributed by atoms with Crippen molar-refractivity contribution in [3.8, 4) is 0 Å². The summed E-state index contributed by atoms with van der Waals surface area (Å²) in [5.74, 6) is -1.29. The molecule has 2 rings (SSSR count). The van der Waals surface area contributed by atoms with Crippen LogP contribution in [0.2, 0.25) is 0 Å². The fraction of sp³-hybridized carbons (Fsp3) is 0.500. The van der Waals surface area contributed by atoms with Crippen LogP contribution in [0.1, 0.15) is 36.0 Å². The van der Waals surface area contributed by atoms with Crippen LogP contribution in [0, 0.1) is 0 Å². The second-order valence-electron chi connectivity index (χ2n) is 6.00. The van der Waals surface area contributed by atoms with Crippen LogP contribution in [0.15, 0.2) is 24.3 Å². The highest BCUT2D eigenvalue weighted by Crippen LogP contribution is 2.25. The number of likely N-dealkylation sites (tertiary alicyclic amines) is 1. The third-order valence-corrected chi connectivity index (χ3v) is 5.05. The normalized spacial score (nSPS) is 15.7. The van der Waals surface area contributed by atoms with Crippen LogP contribution in [0.3, 0.4) is 0 Å². The Morgan fingerprint density at radius 1 is 1.11 bits per heavy atom. The second-order valence-corrected chi connectivity index (χ2v) is 7.68. The van der Waals surface area contributed by atoms with Gasteiger partial charge in [-0.15, -0.1) is 0 Å². The number of rotatable bonds is 5. The molecule has 1 amide bonds. The van der Waals surface area contributed by atoms with Crippen molar-refractivity contribution in [2.45, 2.75) is 31.2 Å². The Bertz CT molecular complexity index is 787. The number of esters is 1. The molecule has 0 aliphatic carbocycles. The van der Waals surface area contributed by atoms with E-state index < -0.39 is 33.8 Å². The lowest BCUT2D eigenvalue weighted by Gasteiger charge is -2.20. The summed E-state index contributed by atoms with van der Waals surface area (Å²) in [7, 11) is -5.60. The van der Waals surface area contributed by atoms with Crippen LogP contribution in [0.25, 0.3) is 0 Å². The first-order chi connectivity index (χ1) is 12.6. The molecule has 0 aromatic heterocycles. The van der Waals surface area contributed by atoms with E-state index in [0.29, 0.717) is 13.1 Å². The Morgan fingerprint density at radius 3 is 2.33 bits per heavy atom. The van der Waals surface area contributed by atoms with Gasteiger partial charge in [0.2, 0.25) is 0 Å². The number of hydrogen-bond donors (Lipinski definition) is 1. The molecular weight excluding hydrogens is 389 g/mol. The molecule has 0 atom stereocenters. The van der Waals surface area contributed by atoms with Gasteiger partial charge in [-0.2, -0.15) is 21.6 Å². The molecule has 0 saturated carbocycles. The minimum Gasteiger partial charge on any atom is -0.452 e. The summed E-state index contributed by atoms with van der Waals surface area (Å²) in [6, 6.07) is 4.40. The summed E-state index contributed by atoms with van der Waals surface area (Å²) in [5, 5.41) is 0. The smallest absolute Gasteiger partial charge is 0.452 e. The maximum Gasteiger partial charge on any atom is 0.516 e. The van der Waals surface area contributed by atoms with Crippen molar-refractivity contribution in [3.63, 3.8) is 0 Å². The van der Waals surface area contributed by atoms with Gasteiger partial charge in [-0.25, -0.2) is 4.79 Å². The quantitative estimate of drug-likeness (QED) is 0.756. The Labute approximate surface area is 154 Å². The van der Waals surface area contributed by atoms with Crippen LogP contribution in [0.5, 0.6) is 0 Å². The van der Waals surface area contributed by atoms with Gasteiger partial charge in [0, 0.05) is 18.8 Å². The van der Waals surface area contributed by atoms with Crippen LogP contribution in [0.4, 0.5) is 18.9 Å². The molecule has 1 aromatic rings. The van der Waals surface area contributed by atoms with Gasteiger partial charge >= 0.3 is 21.5 Å². The first-order valence-electron chi connectivity index (χ1n) is 8.24. The van der Waals surface area contributed by atoms with E-state index in [4.69, 9.17) is 4.74 Å². The lowest BCUT2D eigenvalue weighted by atomic mass is 10.2. The van der Waals surface area contributed by atoms with E-state index in [9.17, 15) is 31.2 Å². The number of carbonyl (C=O) groups excluding carboxylic acids is 2. The van der Waals surface area contributed by atoms with Crippen LogP contribution in [-0.4, -0.2) is 50.4 Å². The molecule has 1 aliphatic heterocycles. The highest BCUT2D eigenvalue weighted by Gasteiger charge is 2.46. The van der Waals surface area contributed by atoms with Gasteiger partial charge in [0.05, 0.1) is 5.56 Å². The first-order valence-corrected chi connectivity index (χ1v) is 9.72. The van der Waals surface area contributed by atoms with Gasteiger partial charge in [0.15, 0.2) is 6.61 Å². The van der Waals surface area contributed by atoms with Gasteiger partial charge in [-0.3, -0.25) is 9.52 Å². The molecule has 0 unspecified atom stereocenters. The fourth-order valence-electron chi connectivity index (χ4n) is 2.54. The number of amides is 1. The van der Waals surface area contributed by atoms with Crippen molar-refractivity contribution in [2.75, 3.05) is 24.4 Å². The minimum absolute atomic E-state index is 0.180. The van der Waals surface area contributed by atoms with E-state index in [1.807, 2.05) is 0 Å². The van der Waals surface area contributed by atoms with Gasteiger partial charge in [-0.05, 0) is 31.0 Å². The van der Waals surface area contributed by atoms with E-state index in [2.05, 4.69) is 0 Å². The van der Waals surface area contributed by atoms with Crippen LogP contribution >= 0.6 is 0 Å². The lowest BCUT2D eigenvalue weighted by Crippen LogP contribution is -2.35. The third-order valence-electron chi connectivity index (χ3n) is 3.94. The molecule has 7 nitrogen and oxygen atoms in total. The fourth-order valence-corrected chi connectivity index (χ4v) is 3.10. The minimum atomic E-state index is -5.60. The molecule has 1 aromatic carbocycles. The maximum absolute atomic E-state index is 12.4. The van der Waals surface area contributed by atoms with E-state index in [1.54, 1.807) is 4.90 Å². The van der Waals surface area contributed by atoms with Crippen molar-refractivity contribution in [1.29, 1.82) is 0 Å². The lowest BCUT2D eigenvalue weighted by molar-refractivity contribution is -0.134. The molecule has 0 bridgehead atoms.